The van der Waals surface area contributed by atoms with Crippen molar-refractivity contribution in [1.82, 2.24) is 0 Å². The predicted octanol–water partition coefficient (Wildman–Crippen LogP) is 4.68. The molecule has 0 saturated carbocycles. The van der Waals surface area contributed by atoms with E-state index in [-0.39, 0.29) is 23.7 Å². The van der Waals surface area contributed by atoms with Gasteiger partial charge in [-0.1, -0.05) is 56.3 Å². The average Bonchev–Trinajstić information content (AvgIpc) is 2.96. The third-order valence-electron chi connectivity index (χ3n) is 6.68. The van der Waals surface area contributed by atoms with Gasteiger partial charge in [0.05, 0.1) is 11.2 Å². The van der Waals surface area contributed by atoms with Crippen molar-refractivity contribution in [3.63, 3.8) is 0 Å². The standard InChI is InChI=1S/C22H27BO2/c1-7-22(6)18-11-9-8-10-16(18)17-13-12-15(14-19(17)22)23-24-20(2,3)21(4,5)25-23/h8-14H,7H2,1-6H3. The van der Waals surface area contributed by atoms with E-state index >= 15 is 0 Å². The molecule has 2 aliphatic rings. The van der Waals surface area contributed by atoms with Crippen LogP contribution in [0.2, 0.25) is 0 Å². The Morgan fingerprint density at radius 2 is 1.40 bits per heavy atom. The zero-order valence-electron chi connectivity index (χ0n) is 16.1. The highest BCUT2D eigenvalue weighted by molar-refractivity contribution is 6.62. The summed E-state index contributed by atoms with van der Waals surface area (Å²) < 4.78 is 12.5. The van der Waals surface area contributed by atoms with Gasteiger partial charge in [0, 0.05) is 5.41 Å². The van der Waals surface area contributed by atoms with Gasteiger partial charge in [-0.3, -0.25) is 0 Å². The van der Waals surface area contributed by atoms with Gasteiger partial charge in [-0.25, -0.2) is 0 Å². The third kappa shape index (κ3) is 2.25. The number of hydrogen-bond acceptors (Lipinski definition) is 2. The lowest BCUT2D eigenvalue weighted by Crippen LogP contribution is -2.41. The van der Waals surface area contributed by atoms with Crippen molar-refractivity contribution < 1.29 is 9.31 Å². The first-order chi connectivity index (χ1) is 11.7. The Balaban J connectivity index is 1.80. The fourth-order valence-corrected chi connectivity index (χ4v) is 4.10. The molecule has 0 bridgehead atoms. The summed E-state index contributed by atoms with van der Waals surface area (Å²) in [6, 6.07) is 15.5. The minimum Gasteiger partial charge on any atom is -0.399 e. The molecule has 1 unspecified atom stereocenters. The Morgan fingerprint density at radius 3 is 2.04 bits per heavy atom. The van der Waals surface area contributed by atoms with Gasteiger partial charge < -0.3 is 9.31 Å². The van der Waals surface area contributed by atoms with Crippen molar-refractivity contribution in [3.05, 3.63) is 53.6 Å². The molecule has 1 aliphatic heterocycles. The fourth-order valence-electron chi connectivity index (χ4n) is 4.10. The normalized spacial score (nSPS) is 25.8. The van der Waals surface area contributed by atoms with Crippen molar-refractivity contribution in [2.24, 2.45) is 0 Å². The van der Waals surface area contributed by atoms with Crippen LogP contribution in [-0.2, 0) is 14.7 Å². The Kier molecular flexibility index (Phi) is 3.52. The summed E-state index contributed by atoms with van der Waals surface area (Å²) in [5.74, 6) is 0. The van der Waals surface area contributed by atoms with Gasteiger partial charge in [0.2, 0.25) is 0 Å². The summed E-state index contributed by atoms with van der Waals surface area (Å²) in [7, 11) is -0.305. The van der Waals surface area contributed by atoms with Crippen molar-refractivity contribution in [3.8, 4) is 11.1 Å². The molecule has 4 rings (SSSR count). The molecule has 0 radical (unpaired) electrons. The number of rotatable bonds is 2. The highest BCUT2D eigenvalue weighted by atomic mass is 16.7. The minimum atomic E-state index is -0.312. The molecule has 1 atom stereocenters. The lowest BCUT2D eigenvalue weighted by atomic mass is 9.73. The van der Waals surface area contributed by atoms with Crippen LogP contribution < -0.4 is 5.46 Å². The van der Waals surface area contributed by atoms with Crippen LogP contribution in [0.4, 0.5) is 0 Å². The molecule has 1 heterocycles. The van der Waals surface area contributed by atoms with Gasteiger partial charge in [0.1, 0.15) is 0 Å². The van der Waals surface area contributed by atoms with Gasteiger partial charge in [-0.15, -0.1) is 0 Å². The van der Waals surface area contributed by atoms with Gasteiger partial charge in [0.15, 0.2) is 0 Å². The van der Waals surface area contributed by atoms with Crippen LogP contribution in [-0.4, -0.2) is 18.3 Å². The molecular weight excluding hydrogens is 307 g/mol. The van der Waals surface area contributed by atoms with Crippen molar-refractivity contribution in [2.75, 3.05) is 0 Å². The van der Waals surface area contributed by atoms with E-state index in [2.05, 4.69) is 84.0 Å². The molecule has 25 heavy (non-hydrogen) atoms. The van der Waals surface area contributed by atoms with Crippen molar-refractivity contribution in [2.45, 2.75) is 64.6 Å². The van der Waals surface area contributed by atoms with Crippen LogP contribution in [0.1, 0.15) is 59.1 Å². The van der Waals surface area contributed by atoms with E-state index < -0.39 is 0 Å². The summed E-state index contributed by atoms with van der Waals surface area (Å²) >= 11 is 0. The zero-order valence-corrected chi connectivity index (χ0v) is 16.1. The van der Waals surface area contributed by atoms with Crippen LogP contribution in [0, 0.1) is 0 Å². The molecule has 0 spiro atoms. The van der Waals surface area contributed by atoms with Gasteiger partial charge in [-0.05, 0) is 61.8 Å². The fraction of sp³-hybridized carbons (Fsp3) is 0.455. The van der Waals surface area contributed by atoms with Crippen LogP contribution in [0.15, 0.2) is 42.5 Å². The average molecular weight is 334 g/mol. The Bertz CT molecular complexity index is 824. The maximum atomic E-state index is 6.27. The first-order valence-corrected chi connectivity index (χ1v) is 9.29. The topological polar surface area (TPSA) is 18.5 Å². The Labute approximate surface area is 151 Å². The molecule has 1 saturated heterocycles. The lowest BCUT2D eigenvalue weighted by molar-refractivity contribution is 0.00578. The van der Waals surface area contributed by atoms with E-state index in [0.29, 0.717) is 0 Å². The molecule has 2 aromatic carbocycles. The SMILES string of the molecule is CCC1(C)c2ccccc2-c2ccc(B3OC(C)(C)C(C)(C)O3)cc21. The zero-order chi connectivity index (χ0) is 18.0. The third-order valence-corrected chi connectivity index (χ3v) is 6.68. The Morgan fingerprint density at radius 1 is 0.800 bits per heavy atom. The maximum absolute atomic E-state index is 6.27. The first-order valence-electron chi connectivity index (χ1n) is 9.29. The van der Waals surface area contributed by atoms with E-state index in [1.165, 1.54) is 22.3 Å². The highest BCUT2D eigenvalue weighted by Gasteiger charge is 2.52. The quantitative estimate of drug-likeness (QED) is 0.742. The number of fused-ring (bicyclic) bond motifs is 3. The minimum absolute atomic E-state index is 0.0472. The molecule has 2 aromatic rings. The second-order valence-electron chi connectivity index (χ2n) is 8.62. The van der Waals surface area contributed by atoms with Crippen LogP contribution in [0.25, 0.3) is 11.1 Å². The van der Waals surface area contributed by atoms with Crippen LogP contribution >= 0.6 is 0 Å². The second kappa shape index (κ2) is 5.22. The van der Waals surface area contributed by atoms with Gasteiger partial charge in [-0.2, -0.15) is 0 Å². The molecule has 0 amide bonds. The van der Waals surface area contributed by atoms with Crippen LogP contribution in [0.3, 0.4) is 0 Å². The summed E-state index contributed by atoms with van der Waals surface area (Å²) in [4.78, 5) is 0. The maximum Gasteiger partial charge on any atom is 0.494 e. The molecular formula is C22H27BO2. The van der Waals surface area contributed by atoms with E-state index in [9.17, 15) is 0 Å². The summed E-state index contributed by atoms with van der Waals surface area (Å²) in [6.45, 7) is 13.0. The summed E-state index contributed by atoms with van der Waals surface area (Å²) in [6.07, 6.45) is 1.07. The van der Waals surface area contributed by atoms with E-state index in [4.69, 9.17) is 9.31 Å². The lowest BCUT2D eigenvalue weighted by Gasteiger charge is -2.32. The summed E-state index contributed by atoms with van der Waals surface area (Å²) in [5.41, 5.74) is 6.07. The summed E-state index contributed by atoms with van der Waals surface area (Å²) in [5, 5.41) is 0. The number of hydrogen-bond donors (Lipinski definition) is 0. The van der Waals surface area contributed by atoms with E-state index in [1.54, 1.807) is 0 Å². The largest absolute Gasteiger partial charge is 0.494 e. The smallest absolute Gasteiger partial charge is 0.399 e. The molecule has 0 N–H and O–H groups in total. The van der Waals surface area contributed by atoms with E-state index in [1.807, 2.05) is 0 Å². The van der Waals surface area contributed by atoms with Crippen molar-refractivity contribution >= 4 is 12.6 Å². The molecule has 1 aliphatic carbocycles. The molecule has 0 aromatic heterocycles. The molecule has 1 fully saturated rings. The predicted molar refractivity (Wildman–Crippen MR) is 104 cm³/mol. The second-order valence-corrected chi connectivity index (χ2v) is 8.62. The molecule has 3 heteroatoms. The van der Waals surface area contributed by atoms with E-state index in [0.717, 1.165) is 11.9 Å². The van der Waals surface area contributed by atoms with Crippen LogP contribution in [0.5, 0.6) is 0 Å². The Hall–Kier alpha value is -1.58. The molecule has 130 valence electrons. The van der Waals surface area contributed by atoms with Crippen molar-refractivity contribution in [1.29, 1.82) is 0 Å². The van der Waals surface area contributed by atoms with Gasteiger partial charge in [0.25, 0.3) is 0 Å². The molecule has 2 nitrogen and oxygen atoms in total. The van der Waals surface area contributed by atoms with Gasteiger partial charge >= 0.3 is 7.12 Å². The monoisotopic (exact) mass is 334 g/mol. The first kappa shape index (κ1) is 16.9. The number of benzene rings is 2. The highest BCUT2D eigenvalue weighted by Crippen LogP contribution is 2.50.